The summed E-state index contributed by atoms with van der Waals surface area (Å²) in [4.78, 5) is 0. The van der Waals surface area contributed by atoms with Gasteiger partial charge in [0.25, 0.3) is 0 Å². The minimum Gasteiger partial charge on any atom is -0.404 e. The first-order valence-electron chi connectivity index (χ1n) is 8.13. The lowest BCUT2D eigenvalue weighted by atomic mass is 9.90. The molecule has 1 heterocycles. The molecule has 1 aliphatic heterocycles. The Balaban J connectivity index is 2.10. The molecule has 0 amide bonds. The fourth-order valence-electron chi connectivity index (χ4n) is 3.62. The summed E-state index contributed by atoms with van der Waals surface area (Å²) in [5.41, 5.74) is 3.50. The minimum absolute atomic E-state index is 0.241. The minimum atomic E-state index is -1.95. The molecule has 1 nitrogen and oxygen atoms in total. The van der Waals surface area contributed by atoms with Crippen molar-refractivity contribution in [1.29, 1.82) is 0 Å². The maximum atomic E-state index is 6.67. The largest absolute Gasteiger partial charge is 0.404 e. The van der Waals surface area contributed by atoms with E-state index in [1.165, 1.54) is 21.9 Å². The molecule has 0 radical (unpaired) electrons. The van der Waals surface area contributed by atoms with Crippen LogP contribution in [0.5, 0.6) is 0 Å². The Labute approximate surface area is 140 Å². The molecule has 0 spiro atoms. The van der Waals surface area contributed by atoms with Gasteiger partial charge in [0.15, 0.2) is 0 Å². The van der Waals surface area contributed by atoms with Crippen molar-refractivity contribution in [1.82, 2.24) is 0 Å². The van der Waals surface area contributed by atoms with Crippen molar-refractivity contribution < 1.29 is 4.43 Å². The summed E-state index contributed by atoms with van der Waals surface area (Å²) in [6.45, 7) is 10.9. The standard InChI is InChI=1S/C21H24OSi/c1-5-19(17-12-8-6-9-13-17)20-16-21(2,22-23(20,3)4)18-14-10-7-11-15-18/h5-15H,1,16H2,2-4H3/b20-19-. The van der Waals surface area contributed by atoms with Gasteiger partial charge < -0.3 is 4.43 Å². The first-order valence-corrected chi connectivity index (χ1v) is 11.0. The topological polar surface area (TPSA) is 9.23 Å². The van der Waals surface area contributed by atoms with Crippen LogP contribution >= 0.6 is 0 Å². The summed E-state index contributed by atoms with van der Waals surface area (Å²) in [6, 6.07) is 21.1. The molecule has 1 fully saturated rings. The molecule has 1 atom stereocenters. The lowest BCUT2D eigenvalue weighted by molar-refractivity contribution is 0.106. The Morgan fingerprint density at radius 3 is 2.17 bits per heavy atom. The highest BCUT2D eigenvalue weighted by Crippen LogP contribution is 2.48. The molecule has 0 saturated carbocycles. The van der Waals surface area contributed by atoms with Gasteiger partial charge in [0.1, 0.15) is 0 Å². The van der Waals surface area contributed by atoms with Crippen molar-refractivity contribution in [2.24, 2.45) is 0 Å². The van der Waals surface area contributed by atoms with Crippen LogP contribution in [-0.2, 0) is 10.0 Å². The number of hydrogen-bond donors (Lipinski definition) is 0. The molecule has 0 bridgehead atoms. The van der Waals surface area contributed by atoms with Crippen molar-refractivity contribution in [2.45, 2.75) is 32.0 Å². The van der Waals surface area contributed by atoms with Crippen LogP contribution < -0.4 is 0 Å². The molecule has 0 aliphatic carbocycles. The van der Waals surface area contributed by atoms with Crippen molar-refractivity contribution >= 4 is 13.9 Å². The third-order valence-corrected chi connectivity index (χ3v) is 7.58. The normalized spacial score (nSPS) is 25.2. The van der Waals surface area contributed by atoms with Gasteiger partial charge in [0.05, 0.1) is 5.60 Å². The van der Waals surface area contributed by atoms with Crippen LogP contribution in [0, 0.1) is 0 Å². The van der Waals surface area contributed by atoms with E-state index in [1.54, 1.807) is 0 Å². The van der Waals surface area contributed by atoms with E-state index >= 15 is 0 Å². The van der Waals surface area contributed by atoms with Crippen molar-refractivity contribution in [3.63, 3.8) is 0 Å². The van der Waals surface area contributed by atoms with Gasteiger partial charge in [-0.2, -0.15) is 0 Å². The SMILES string of the molecule is C=C/C(=C1\CC(C)(c2ccccc2)O[Si]1(C)C)c1ccccc1. The Morgan fingerprint density at radius 2 is 1.61 bits per heavy atom. The van der Waals surface area contributed by atoms with E-state index < -0.39 is 8.32 Å². The van der Waals surface area contributed by atoms with Crippen LogP contribution in [0.4, 0.5) is 0 Å². The zero-order chi connectivity index (χ0) is 16.5. The highest BCUT2D eigenvalue weighted by atomic mass is 28.4. The van der Waals surface area contributed by atoms with Crippen LogP contribution in [0.3, 0.4) is 0 Å². The first kappa shape index (κ1) is 16.0. The molecule has 2 aromatic rings. The molecule has 118 valence electrons. The van der Waals surface area contributed by atoms with Crippen molar-refractivity contribution in [2.75, 3.05) is 0 Å². The van der Waals surface area contributed by atoms with E-state index in [0.717, 1.165) is 6.42 Å². The summed E-state index contributed by atoms with van der Waals surface area (Å²) < 4.78 is 6.67. The number of benzene rings is 2. The van der Waals surface area contributed by atoms with E-state index in [9.17, 15) is 0 Å². The van der Waals surface area contributed by atoms with E-state index in [1.807, 2.05) is 6.08 Å². The summed E-state index contributed by atoms with van der Waals surface area (Å²) in [5, 5.41) is 1.45. The zero-order valence-corrected chi connectivity index (χ0v) is 15.2. The van der Waals surface area contributed by atoms with Crippen molar-refractivity contribution in [3.8, 4) is 0 Å². The molecule has 0 N–H and O–H groups in total. The third-order valence-electron chi connectivity index (χ3n) is 4.72. The maximum absolute atomic E-state index is 6.67. The van der Waals surface area contributed by atoms with Gasteiger partial charge in [-0.15, -0.1) is 0 Å². The quantitative estimate of drug-likeness (QED) is 0.659. The van der Waals surface area contributed by atoms with E-state index in [0.29, 0.717) is 0 Å². The summed E-state index contributed by atoms with van der Waals surface area (Å²) in [7, 11) is -1.95. The van der Waals surface area contributed by atoms with Gasteiger partial charge in [-0.05, 0) is 48.3 Å². The zero-order valence-electron chi connectivity index (χ0n) is 14.2. The average Bonchev–Trinajstić information content (AvgIpc) is 2.81. The Morgan fingerprint density at radius 1 is 1.04 bits per heavy atom. The highest BCUT2D eigenvalue weighted by molar-refractivity contribution is 6.80. The van der Waals surface area contributed by atoms with Gasteiger partial charge in [-0.25, -0.2) is 0 Å². The van der Waals surface area contributed by atoms with Gasteiger partial charge in [-0.3, -0.25) is 0 Å². The molecule has 2 heteroatoms. The van der Waals surface area contributed by atoms with Gasteiger partial charge >= 0.3 is 0 Å². The first-order chi connectivity index (χ1) is 11.0. The average molecular weight is 321 g/mol. The summed E-state index contributed by atoms with van der Waals surface area (Å²) >= 11 is 0. The second-order valence-electron chi connectivity index (χ2n) is 6.85. The lowest BCUT2D eigenvalue weighted by Crippen LogP contribution is -2.32. The smallest absolute Gasteiger partial charge is 0.216 e. The Bertz CT molecular complexity index is 731. The summed E-state index contributed by atoms with van der Waals surface area (Å²) in [5.74, 6) is 0. The molecular weight excluding hydrogens is 296 g/mol. The number of allylic oxidation sites excluding steroid dienone is 2. The third kappa shape index (κ3) is 2.97. The molecule has 1 unspecified atom stereocenters. The predicted octanol–water partition coefficient (Wildman–Crippen LogP) is 5.71. The maximum Gasteiger partial charge on any atom is 0.216 e. The molecule has 0 aromatic heterocycles. The van der Waals surface area contributed by atoms with Gasteiger partial charge in [-0.1, -0.05) is 73.3 Å². The predicted molar refractivity (Wildman–Crippen MR) is 101 cm³/mol. The van der Waals surface area contributed by atoms with Crippen LogP contribution in [0.1, 0.15) is 24.5 Å². The highest BCUT2D eigenvalue weighted by Gasteiger charge is 2.48. The molecule has 1 aliphatic rings. The molecule has 1 saturated heterocycles. The van der Waals surface area contributed by atoms with Gasteiger partial charge in [0.2, 0.25) is 8.32 Å². The lowest BCUT2D eigenvalue weighted by Gasteiger charge is -2.27. The van der Waals surface area contributed by atoms with Crippen LogP contribution in [0.2, 0.25) is 13.1 Å². The number of hydrogen-bond acceptors (Lipinski definition) is 1. The molecule has 23 heavy (non-hydrogen) atoms. The van der Waals surface area contributed by atoms with E-state index in [2.05, 4.69) is 87.3 Å². The Kier molecular flexibility index (Phi) is 4.13. The second kappa shape index (κ2) is 5.95. The van der Waals surface area contributed by atoms with Crippen LogP contribution in [0.15, 0.2) is 78.5 Å². The van der Waals surface area contributed by atoms with Crippen LogP contribution in [-0.4, -0.2) is 8.32 Å². The second-order valence-corrected chi connectivity index (χ2v) is 10.7. The van der Waals surface area contributed by atoms with Gasteiger partial charge in [0, 0.05) is 0 Å². The molecule has 3 rings (SSSR count). The monoisotopic (exact) mass is 320 g/mol. The van der Waals surface area contributed by atoms with E-state index in [4.69, 9.17) is 4.43 Å². The number of rotatable bonds is 3. The fraction of sp³-hybridized carbons (Fsp3) is 0.238. The van der Waals surface area contributed by atoms with Crippen LogP contribution in [0.25, 0.3) is 5.57 Å². The van der Waals surface area contributed by atoms with Crippen molar-refractivity contribution in [3.05, 3.63) is 89.6 Å². The molecule has 2 aromatic carbocycles. The fourth-order valence-corrected chi connectivity index (χ4v) is 6.71. The van der Waals surface area contributed by atoms with E-state index in [-0.39, 0.29) is 5.60 Å². The Hall–Kier alpha value is -1.90. The summed E-state index contributed by atoms with van der Waals surface area (Å²) in [6.07, 6.45) is 2.94. The molecular formula is C21H24OSi.